The van der Waals surface area contributed by atoms with Crippen LogP contribution in [0.25, 0.3) is 0 Å². The van der Waals surface area contributed by atoms with Gasteiger partial charge in [0.25, 0.3) is 0 Å². The molecule has 1 rings (SSSR count). The molecule has 3 atom stereocenters. The largest absolute Gasteiger partial charge is 0.396 e. The van der Waals surface area contributed by atoms with Gasteiger partial charge in [-0.3, -0.25) is 0 Å². The highest BCUT2D eigenvalue weighted by Crippen LogP contribution is 2.18. The molecule has 1 saturated heterocycles. The summed E-state index contributed by atoms with van der Waals surface area (Å²) in [5.41, 5.74) is 0. The summed E-state index contributed by atoms with van der Waals surface area (Å²) in [5, 5.41) is 26.2. The van der Waals surface area contributed by atoms with Gasteiger partial charge in [-0.1, -0.05) is 0 Å². The normalized spacial score (nSPS) is 43.7. The van der Waals surface area contributed by atoms with E-state index in [9.17, 15) is 0 Å². The first-order valence-corrected chi connectivity index (χ1v) is 2.84. The van der Waals surface area contributed by atoms with Crippen LogP contribution in [0, 0.1) is 5.92 Å². The minimum Gasteiger partial charge on any atom is -0.396 e. The van der Waals surface area contributed by atoms with Gasteiger partial charge < -0.3 is 20.1 Å². The fourth-order valence-electron chi connectivity index (χ4n) is 0.846. The van der Waals surface area contributed by atoms with Crippen molar-refractivity contribution in [2.45, 2.75) is 12.4 Å². The van der Waals surface area contributed by atoms with E-state index in [4.69, 9.17) is 15.3 Å². The summed E-state index contributed by atoms with van der Waals surface area (Å²) in [5.74, 6) is -0.523. The first kappa shape index (κ1) is 6.95. The number of rotatable bonds is 1. The van der Waals surface area contributed by atoms with E-state index in [1.165, 1.54) is 0 Å². The molecule has 0 spiro atoms. The molecule has 0 aromatic rings. The average Bonchev–Trinajstić information content (AvgIpc) is 2.12. The van der Waals surface area contributed by atoms with Crippen molar-refractivity contribution in [2.24, 2.45) is 5.92 Å². The maximum atomic E-state index is 8.91. The Labute approximate surface area is 52.7 Å². The molecule has 0 amide bonds. The Bertz CT molecular complexity index is 85.0. The summed E-state index contributed by atoms with van der Waals surface area (Å²) in [6.45, 7) is -0.116. The Balaban J connectivity index is 2.44. The summed E-state index contributed by atoms with van der Waals surface area (Å²) in [7, 11) is 0. The van der Waals surface area contributed by atoms with Crippen LogP contribution in [0.5, 0.6) is 0 Å². The Morgan fingerprint density at radius 1 is 1.44 bits per heavy atom. The van der Waals surface area contributed by atoms with Crippen molar-refractivity contribution in [3.63, 3.8) is 0 Å². The van der Waals surface area contributed by atoms with E-state index < -0.39 is 18.3 Å². The van der Waals surface area contributed by atoms with Crippen LogP contribution >= 0.6 is 0 Å². The molecule has 3 unspecified atom stereocenters. The Morgan fingerprint density at radius 3 is 2.33 bits per heavy atom. The minimum absolute atomic E-state index is 0.117. The molecular weight excluding hydrogens is 124 g/mol. The molecule has 1 aliphatic heterocycles. The fourth-order valence-corrected chi connectivity index (χ4v) is 0.846. The van der Waals surface area contributed by atoms with Gasteiger partial charge in [0.15, 0.2) is 6.29 Å². The van der Waals surface area contributed by atoms with Crippen molar-refractivity contribution in [1.29, 1.82) is 0 Å². The van der Waals surface area contributed by atoms with Crippen molar-refractivity contribution >= 4 is 0 Å². The van der Waals surface area contributed by atoms with Crippen LogP contribution in [0.1, 0.15) is 0 Å². The first-order chi connectivity index (χ1) is 4.25. The number of aliphatic hydroxyl groups excluding tert-OH is 3. The van der Waals surface area contributed by atoms with Crippen molar-refractivity contribution in [2.75, 3.05) is 13.2 Å². The van der Waals surface area contributed by atoms with Gasteiger partial charge in [-0.2, -0.15) is 0 Å². The quantitative estimate of drug-likeness (QED) is 0.400. The lowest BCUT2D eigenvalue weighted by molar-refractivity contribution is -0.0913. The number of aliphatic hydroxyl groups is 3. The maximum absolute atomic E-state index is 8.91. The predicted molar refractivity (Wildman–Crippen MR) is 28.5 cm³/mol. The van der Waals surface area contributed by atoms with E-state index in [0.29, 0.717) is 0 Å². The molecule has 1 heterocycles. The van der Waals surface area contributed by atoms with Gasteiger partial charge in [-0.25, -0.2) is 0 Å². The summed E-state index contributed by atoms with van der Waals surface area (Å²) in [6.07, 6.45) is -1.71. The van der Waals surface area contributed by atoms with Gasteiger partial charge in [0.2, 0.25) is 0 Å². The molecular formula is C5H10O4. The zero-order valence-corrected chi connectivity index (χ0v) is 4.90. The van der Waals surface area contributed by atoms with Crippen LogP contribution in [0.3, 0.4) is 0 Å². The SMILES string of the molecule is OCC1C(O)COC1O. The standard InChI is InChI=1S/C5H10O4/c6-1-3-4(7)2-9-5(3)8/h3-8H,1-2H2. The fraction of sp³-hybridized carbons (Fsp3) is 1.00. The van der Waals surface area contributed by atoms with Crippen LogP contribution in [-0.4, -0.2) is 40.9 Å². The second kappa shape index (κ2) is 2.62. The summed E-state index contributed by atoms with van der Waals surface area (Å²) >= 11 is 0. The van der Waals surface area contributed by atoms with Gasteiger partial charge in [0, 0.05) is 0 Å². The van der Waals surface area contributed by atoms with Crippen LogP contribution in [0.2, 0.25) is 0 Å². The molecule has 9 heavy (non-hydrogen) atoms. The minimum atomic E-state index is -0.995. The Morgan fingerprint density at radius 2 is 2.11 bits per heavy atom. The van der Waals surface area contributed by atoms with E-state index in [0.717, 1.165) is 0 Å². The van der Waals surface area contributed by atoms with Gasteiger partial charge >= 0.3 is 0 Å². The van der Waals surface area contributed by atoms with Crippen LogP contribution in [0.15, 0.2) is 0 Å². The highest BCUT2D eigenvalue weighted by atomic mass is 16.6. The third kappa shape index (κ3) is 1.21. The van der Waals surface area contributed by atoms with Gasteiger partial charge in [-0.05, 0) is 0 Å². The van der Waals surface area contributed by atoms with Crippen LogP contribution in [0.4, 0.5) is 0 Å². The molecule has 1 aliphatic rings. The molecule has 0 aromatic heterocycles. The molecule has 54 valence electrons. The molecule has 4 heteroatoms. The van der Waals surface area contributed by atoms with Crippen molar-refractivity contribution < 1.29 is 20.1 Å². The van der Waals surface area contributed by atoms with Gasteiger partial charge in [0.05, 0.1) is 25.2 Å². The highest BCUT2D eigenvalue weighted by Gasteiger charge is 2.33. The maximum Gasteiger partial charge on any atom is 0.162 e. The lowest BCUT2D eigenvalue weighted by atomic mass is 10.1. The number of ether oxygens (including phenoxy) is 1. The summed E-state index contributed by atoms with van der Waals surface area (Å²) in [4.78, 5) is 0. The van der Waals surface area contributed by atoms with E-state index in [-0.39, 0.29) is 13.2 Å². The topological polar surface area (TPSA) is 69.9 Å². The summed E-state index contributed by atoms with van der Waals surface area (Å²) < 4.78 is 4.61. The molecule has 0 saturated carbocycles. The third-order valence-electron chi connectivity index (χ3n) is 1.51. The highest BCUT2D eigenvalue weighted by molar-refractivity contribution is 4.75. The lowest BCUT2D eigenvalue weighted by Gasteiger charge is -2.10. The van der Waals surface area contributed by atoms with Gasteiger partial charge in [0.1, 0.15) is 0 Å². The zero-order valence-electron chi connectivity index (χ0n) is 4.90. The zero-order chi connectivity index (χ0) is 6.85. The second-order valence-electron chi connectivity index (χ2n) is 2.14. The molecule has 0 radical (unpaired) electrons. The van der Waals surface area contributed by atoms with E-state index in [2.05, 4.69) is 4.74 Å². The first-order valence-electron chi connectivity index (χ1n) is 2.84. The predicted octanol–water partition coefficient (Wildman–Crippen LogP) is -1.70. The number of hydrogen-bond donors (Lipinski definition) is 3. The summed E-state index contributed by atoms with van der Waals surface area (Å²) in [6, 6.07) is 0. The van der Waals surface area contributed by atoms with E-state index in [1.807, 2.05) is 0 Å². The molecule has 4 nitrogen and oxygen atoms in total. The average molecular weight is 134 g/mol. The second-order valence-corrected chi connectivity index (χ2v) is 2.14. The molecule has 0 bridgehead atoms. The molecule has 0 aromatic carbocycles. The Hall–Kier alpha value is -0.160. The van der Waals surface area contributed by atoms with E-state index in [1.54, 1.807) is 0 Å². The molecule has 3 N–H and O–H groups in total. The van der Waals surface area contributed by atoms with E-state index >= 15 is 0 Å². The number of hydrogen-bond acceptors (Lipinski definition) is 4. The smallest absolute Gasteiger partial charge is 0.162 e. The van der Waals surface area contributed by atoms with Crippen LogP contribution < -0.4 is 0 Å². The Kier molecular flexibility index (Phi) is 2.02. The van der Waals surface area contributed by atoms with Crippen molar-refractivity contribution in [3.8, 4) is 0 Å². The van der Waals surface area contributed by atoms with Crippen molar-refractivity contribution in [1.82, 2.24) is 0 Å². The van der Waals surface area contributed by atoms with Crippen LogP contribution in [-0.2, 0) is 4.74 Å². The third-order valence-corrected chi connectivity index (χ3v) is 1.51. The molecule has 1 fully saturated rings. The monoisotopic (exact) mass is 134 g/mol. The molecule has 0 aliphatic carbocycles. The van der Waals surface area contributed by atoms with Crippen molar-refractivity contribution in [3.05, 3.63) is 0 Å². The van der Waals surface area contributed by atoms with Gasteiger partial charge in [-0.15, -0.1) is 0 Å². The lowest BCUT2D eigenvalue weighted by Crippen LogP contribution is -2.26.